The molecule has 0 amide bonds. The largest absolute Gasteiger partial charge is 0.489 e. The van der Waals surface area contributed by atoms with Crippen LogP contribution in [0.4, 0.5) is 0 Å². The van der Waals surface area contributed by atoms with E-state index in [0.29, 0.717) is 11.8 Å². The zero-order chi connectivity index (χ0) is 24.7. The summed E-state index contributed by atoms with van der Waals surface area (Å²) < 4.78 is 10.6. The predicted molar refractivity (Wildman–Crippen MR) is 130 cm³/mol. The zero-order valence-electron chi connectivity index (χ0n) is 21.0. The van der Waals surface area contributed by atoms with Crippen molar-refractivity contribution in [3.8, 4) is 5.75 Å². The summed E-state index contributed by atoms with van der Waals surface area (Å²) in [6.45, 7) is 2.22. The lowest BCUT2D eigenvalue weighted by molar-refractivity contribution is -0.144. The average molecular weight is 478 g/mol. The lowest BCUT2D eigenvalue weighted by atomic mass is 9.73. The van der Waals surface area contributed by atoms with Crippen LogP contribution in [0.15, 0.2) is 18.2 Å². The SMILES string of the molecule is CCCCC[C@H](O)CC[C@H]1C(O)C[C@@H]2Cc3c(cccc3OCC(O)N(C)CC(=O)OC)C[C@@H]21. The molecule has 3 N–H and O–H groups in total. The van der Waals surface area contributed by atoms with Gasteiger partial charge in [0, 0.05) is 0 Å². The maximum atomic E-state index is 11.4. The summed E-state index contributed by atoms with van der Waals surface area (Å²) in [6, 6.07) is 6.05. The summed E-state index contributed by atoms with van der Waals surface area (Å²) >= 11 is 0. The highest BCUT2D eigenvalue weighted by molar-refractivity contribution is 5.71. The first kappa shape index (κ1) is 26.9. The van der Waals surface area contributed by atoms with Crippen LogP contribution in [0.3, 0.4) is 0 Å². The third kappa shape index (κ3) is 6.94. The molecular formula is C27H43NO6. The van der Waals surface area contributed by atoms with Gasteiger partial charge in [0.1, 0.15) is 18.6 Å². The highest BCUT2D eigenvalue weighted by Gasteiger charge is 2.44. The van der Waals surface area contributed by atoms with Gasteiger partial charge in [-0.3, -0.25) is 9.69 Å². The van der Waals surface area contributed by atoms with Crippen LogP contribution in [0.25, 0.3) is 0 Å². The number of rotatable bonds is 13. The number of aliphatic hydroxyl groups excluding tert-OH is 3. The number of hydrogen-bond acceptors (Lipinski definition) is 7. The van der Waals surface area contributed by atoms with E-state index in [4.69, 9.17) is 4.74 Å². The molecule has 34 heavy (non-hydrogen) atoms. The van der Waals surface area contributed by atoms with Crippen LogP contribution in [0.2, 0.25) is 0 Å². The van der Waals surface area contributed by atoms with Gasteiger partial charge in [0.15, 0.2) is 0 Å². The van der Waals surface area contributed by atoms with Crippen molar-refractivity contribution in [2.45, 2.75) is 83.1 Å². The molecule has 1 saturated carbocycles. The first-order valence-corrected chi connectivity index (χ1v) is 12.9. The van der Waals surface area contributed by atoms with Crippen LogP contribution in [-0.2, 0) is 22.4 Å². The molecule has 2 aliphatic carbocycles. The van der Waals surface area contributed by atoms with Crippen LogP contribution < -0.4 is 4.74 Å². The van der Waals surface area contributed by atoms with Gasteiger partial charge >= 0.3 is 5.97 Å². The van der Waals surface area contributed by atoms with Crippen molar-refractivity contribution in [3.63, 3.8) is 0 Å². The Morgan fingerprint density at radius 2 is 2.00 bits per heavy atom. The second-order valence-electron chi connectivity index (χ2n) is 10.2. The lowest BCUT2D eigenvalue weighted by Gasteiger charge is -2.33. The summed E-state index contributed by atoms with van der Waals surface area (Å²) in [5.74, 6) is 1.43. The van der Waals surface area contributed by atoms with Crippen LogP contribution in [0, 0.1) is 17.8 Å². The quantitative estimate of drug-likeness (QED) is 0.228. The smallest absolute Gasteiger partial charge is 0.319 e. The van der Waals surface area contributed by atoms with Gasteiger partial charge in [-0.1, -0.05) is 38.3 Å². The molecule has 0 saturated heterocycles. The Hall–Kier alpha value is -1.67. The zero-order valence-corrected chi connectivity index (χ0v) is 21.0. The molecule has 1 aromatic rings. The maximum Gasteiger partial charge on any atom is 0.319 e. The number of nitrogens with zero attached hydrogens (tertiary/aromatic N) is 1. The number of fused-ring (bicyclic) bond motifs is 2. The number of likely N-dealkylation sites (N-methyl/N-ethyl adjacent to an activating group) is 1. The Morgan fingerprint density at radius 1 is 1.21 bits per heavy atom. The van der Waals surface area contributed by atoms with Crippen LogP contribution in [0.5, 0.6) is 5.75 Å². The van der Waals surface area contributed by atoms with Crippen molar-refractivity contribution >= 4 is 5.97 Å². The fourth-order valence-corrected chi connectivity index (χ4v) is 5.76. The molecule has 0 radical (unpaired) electrons. The summed E-state index contributed by atoms with van der Waals surface area (Å²) in [6.07, 6.45) is 6.94. The molecule has 0 aliphatic heterocycles. The van der Waals surface area contributed by atoms with E-state index in [1.54, 1.807) is 7.05 Å². The van der Waals surface area contributed by atoms with E-state index in [9.17, 15) is 20.1 Å². The van der Waals surface area contributed by atoms with Crippen molar-refractivity contribution in [1.82, 2.24) is 4.90 Å². The van der Waals surface area contributed by atoms with Crippen molar-refractivity contribution in [3.05, 3.63) is 29.3 Å². The molecule has 1 aromatic carbocycles. The minimum absolute atomic E-state index is 0.00967. The molecule has 0 aromatic heterocycles. The number of carbonyl (C=O) groups is 1. The van der Waals surface area contributed by atoms with E-state index in [2.05, 4.69) is 17.7 Å². The highest BCUT2D eigenvalue weighted by Crippen LogP contribution is 2.48. The van der Waals surface area contributed by atoms with Crippen molar-refractivity contribution in [2.75, 3.05) is 27.3 Å². The number of ether oxygens (including phenoxy) is 2. The monoisotopic (exact) mass is 477 g/mol. The fraction of sp³-hybridized carbons (Fsp3) is 0.741. The number of esters is 1. The van der Waals surface area contributed by atoms with Crippen molar-refractivity contribution < 1.29 is 29.6 Å². The van der Waals surface area contributed by atoms with Gasteiger partial charge in [-0.25, -0.2) is 0 Å². The number of unbranched alkanes of at least 4 members (excludes halogenated alkanes) is 2. The van der Waals surface area contributed by atoms with Gasteiger partial charge in [0.25, 0.3) is 0 Å². The minimum Gasteiger partial charge on any atom is -0.489 e. The highest BCUT2D eigenvalue weighted by atomic mass is 16.5. The minimum atomic E-state index is -0.923. The Morgan fingerprint density at radius 3 is 2.74 bits per heavy atom. The molecule has 1 fully saturated rings. The van der Waals surface area contributed by atoms with Crippen LogP contribution in [-0.4, -0.2) is 71.9 Å². The molecule has 0 bridgehead atoms. The second kappa shape index (κ2) is 12.9. The van der Waals surface area contributed by atoms with Crippen LogP contribution in [0.1, 0.15) is 63.0 Å². The molecule has 3 rings (SSSR count). The van der Waals surface area contributed by atoms with E-state index in [-0.39, 0.29) is 31.3 Å². The molecule has 0 heterocycles. The molecule has 7 nitrogen and oxygen atoms in total. The molecule has 2 aliphatic rings. The van der Waals surface area contributed by atoms with E-state index in [1.807, 2.05) is 12.1 Å². The fourth-order valence-electron chi connectivity index (χ4n) is 5.76. The van der Waals surface area contributed by atoms with Gasteiger partial charge in [-0.05, 0) is 80.5 Å². The molecule has 192 valence electrons. The van der Waals surface area contributed by atoms with E-state index in [1.165, 1.54) is 23.1 Å². The summed E-state index contributed by atoms with van der Waals surface area (Å²) in [5.41, 5.74) is 2.41. The van der Waals surface area contributed by atoms with Gasteiger partial charge < -0.3 is 24.8 Å². The molecule has 0 spiro atoms. The average Bonchev–Trinajstić information content (AvgIpc) is 3.13. The second-order valence-corrected chi connectivity index (χ2v) is 10.2. The number of aliphatic hydroxyl groups is 3. The Kier molecular flexibility index (Phi) is 10.2. The number of methoxy groups -OCH3 is 1. The summed E-state index contributed by atoms with van der Waals surface area (Å²) in [4.78, 5) is 12.9. The lowest BCUT2D eigenvalue weighted by Crippen LogP contribution is -2.40. The van der Waals surface area contributed by atoms with Gasteiger partial charge in [0.2, 0.25) is 0 Å². The van der Waals surface area contributed by atoms with Crippen LogP contribution >= 0.6 is 0 Å². The standard InChI is InChI=1S/C27H43NO6/c1-4-5-6-9-20(29)11-12-21-22-13-18-8-7-10-25(23(18)14-19(22)15-24(21)30)34-17-26(31)28(2)16-27(32)33-3/h7-8,10,19-22,24,26,29-31H,4-6,9,11-17H2,1-3H3/t19-,20-,21+,22-,24?,26?/m0/s1. The van der Waals surface area contributed by atoms with E-state index >= 15 is 0 Å². The van der Waals surface area contributed by atoms with Gasteiger partial charge in [-0.15, -0.1) is 0 Å². The molecule has 6 atom stereocenters. The van der Waals surface area contributed by atoms with Gasteiger partial charge in [-0.2, -0.15) is 0 Å². The summed E-state index contributed by atoms with van der Waals surface area (Å²) in [5, 5.41) is 31.6. The van der Waals surface area contributed by atoms with Crippen molar-refractivity contribution in [2.24, 2.45) is 17.8 Å². The van der Waals surface area contributed by atoms with E-state index < -0.39 is 12.2 Å². The van der Waals surface area contributed by atoms with E-state index in [0.717, 1.165) is 63.5 Å². The van der Waals surface area contributed by atoms with Crippen molar-refractivity contribution in [1.29, 1.82) is 0 Å². The number of benzene rings is 1. The Balaban J connectivity index is 1.58. The topological polar surface area (TPSA) is 99.5 Å². The maximum absolute atomic E-state index is 11.4. The number of carbonyl (C=O) groups excluding carboxylic acids is 1. The predicted octanol–water partition coefficient (Wildman–Crippen LogP) is 2.92. The number of hydrogen-bond donors (Lipinski definition) is 3. The Bertz CT molecular complexity index is 786. The summed E-state index contributed by atoms with van der Waals surface area (Å²) in [7, 11) is 2.97. The molecular weight excluding hydrogens is 434 g/mol. The Labute approximate surface area is 204 Å². The molecule has 7 heteroatoms. The third-order valence-corrected chi connectivity index (χ3v) is 7.82. The first-order chi connectivity index (χ1) is 16.3. The third-order valence-electron chi connectivity index (χ3n) is 7.82. The normalized spacial score (nSPS) is 25.5. The van der Waals surface area contributed by atoms with Gasteiger partial charge in [0.05, 0.1) is 25.9 Å². The molecule has 2 unspecified atom stereocenters. The first-order valence-electron chi connectivity index (χ1n) is 12.9.